The molecular formula is C35H36FN3O6S. The van der Waals surface area contributed by atoms with Gasteiger partial charge in [0, 0.05) is 26.2 Å². The number of ether oxygens (including phenoxy) is 2. The summed E-state index contributed by atoms with van der Waals surface area (Å²) in [5.41, 5.74) is 2.30. The third kappa shape index (κ3) is 8.57. The zero-order valence-electron chi connectivity index (χ0n) is 25.3. The molecule has 1 heterocycles. The molecule has 0 saturated carbocycles. The Balaban J connectivity index is 1.34. The zero-order chi connectivity index (χ0) is 32.4. The predicted octanol–water partition coefficient (Wildman–Crippen LogP) is 4.35. The maximum absolute atomic E-state index is 13.9. The molecule has 46 heavy (non-hydrogen) atoms. The van der Waals surface area contributed by atoms with Crippen LogP contribution in [0.4, 0.5) is 4.39 Å². The number of hydrogen-bond donors (Lipinski definition) is 1. The minimum atomic E-state index is -3.69. The van der Waals surface area contributed by atoms with E-state index in [1.165, 1.54) is 45.6 Å². The van der Waals surface area contributed by atoms with Crippen LogP contribution in [0.2, 0.25) is 0 Å². The van der Waals surface area contributed by atoms with Gasteiger partial charge in [-0.2, -0.15) is 4.31 Å². The first-order valence-electron chi connectivity index (χ1n) is 15.0. The average Bonchev–Trinajstić information content (AvgIpc) is 3.09. The average molecular weight is 646 g/mol. The Hall–Kier alpha value is -4.58. The summed E-state index contributed by atoms with van der Waals surface area (Å²) in [6.45, 7) is 1.20. The van der Waals surface area contributed by atoms with Crippen molar-refractivity contribution in [3.8, 4) is 5.75 Å². The van der Waals surface area contributed by atoms with E-state index in [0.717, 1.165) is 5.56 Å². The summed E-state index contributed by atoms with van der Waals surface area (Å²) in [6, 6.07) is 29.3. The van der Waals surface area contributed by atoms with Crippen LogP contribution in [0.15, 0.2) is 114 Å². The lowest BCUT2D eigenvalue weighted by Crippen LogP contribution is -2.45. The Bertz CT molecular complexity index is 1680. The van der Waals surface area contributed by atoms with Gasteiger partial charge in [0.05, 0.1) is 18.1 Å². The molecule has 240 valence electrons. The van der Waals surface area contributed by atoms with Crippen molar-refractivity contribution < 1.29 is 31.9 Å². The smallest absolute Gasteiger partial charge is 0.261 e. The van der Waals surface area contributed by atoms with Crippen molar-refractivity contribution in [1.82, 2.24) is 14.5 Å². The van der Waals surface area contributed by atoms with Gasteiger partial charge in [-0.25, -0.2) is 12.8 Å². The molecule has 1 atom stereocenters. The van der Waals surface area contributed by atoms with Crippen LogP contribution >= 0.6 is 0 Å². The number of halogens is 1. The third-order valence-electron chi connectivity index (χ3n) is 7.61. The lowest BCUT2D eigenvalue weighted by atomic mass is 10.0. The number of sulfonamides is 1. The van der Waals surface area contributed by atoms with Crippen molar-refractivity contribution in [3.63, 3.8) is 0 Å². The van der Waals surface area contributed by atoms with E-state index in [1.807, 2.05) is 36.4 Å². The van der Waals surface area contributed by atoms with Crippen molar-refractivity contribution in [3.05, 3.63) is 132 Å². The molecule has 0 aromatic heterocycles. The van der Waals surface area contributed by atoms with Crippen LogP contribution in [0.5, 0.6) is 5.75 Å². The molecule has 9 nitrogen and oxygen atoms in total. The fourth-order valence-corrected chi connectivity index (χ4v) is 6.57. The minimum Gasteiger partial charge on any atom is -0.484 e. The lowest BCUT2D eigenvalue weighted by molar-refractivity contribution is -0.143. The Morgan fingerprint density at radius 2 is 1.48 bits per heavy atom. The van der Waals surface area contributed by atoms with E-state index in [4.69, 9.17) is 9.47 Å². The van der Waals surface area contributed by atoms with E-state index in [-0.39, 0.29) is 30.4 Å². The number of nitrogens with one attached hydrogen (secondary N) is 1. The van der Waals surface area contributed by atoms with Crippen LogP contribution in [0.1, 0.15) is 22.7 Å². The summed E-state index contributed by atoms with van der Waals surface area (Å²) >= 11 is 0. The number of rotatable bonds is 13. The number of morpholine rings is 1. The van der Waals surface area contributed by atoms with Gasteiger partial charge in [0.15, 0.2) is 6.61 Å². The largest absolute Gasteiger partial charge is 0.484 e. The fourth-order valence-electron chi connectivity index (χ4n) is 5.16. The molecule has 0 bridgehead atoms. The van der Waals surface area contributed by atoms with Crippen molar-refractivity contribution in [2.24, 2.45) is 0 Å². The molecule has 0 spiro atoms. The SMILES string of the molecule is O=C(NCCc1ccccc1)[C@@H](c1ccccc1)N(Cc1ccc(F)cc1)C(=O)COc1ccc(S(=O)(=O)N2CCOCC2)cc1. The van der Waals surface area contributed by atoms with E-state index in [2.05, 4.69) is 5.32 Å². The predicted molar refractivity (Wildman–Crippen MR) is 171 cm³/mol. The summed E-state index contributed by atoms with van der Waals surface area (Å²) in [5, 5.41) is 2.98. The highest BCUT2D eigenvalue weighted by molar-refractivity contribution is 7.89. The molecule has 1 aliphatic rings. The van der Waals surface area contributed by atoms with Gasteiger partial charge in [-0.05, 0) is 59.5 Å². The maximum Gasteiger partial charge on any atom is 0.261 e. The van der Waals surface area contributed by atoms with Crippen molar-refractivity contribution >= 4 is 21.8 Å². The molecule has 1 fully saturated rings. The summed E-state index contributed by atoms with van der Waals surface area (Å²) in [4.78, 5) is 29.2. The monoisotopic (exact) mass is 645 g/mol. The standard InChI is InChI=1S/C35H36FN3O6S/c36-30-13-11-28(12-14-30)25-39(34(29-9-5-2-6-10-29)35(41)37-20-19-27-7-3-1-4-8-27)33(40)26-45-31-15-17-32(18-16-31)46(42,43)38-21-23-44-24-22-38/h1-18,34H,19-26H2,(H,37,41)/t34-/m1/s1. The van der Waals surface area contributed by atoms with E-state index >= 15 is 0 Å². The van der Waals surface area contributed by atoms with Gasteiger partial charge in [-0.3, -0.25) is 9.59 Å². The molecule has 0 radical (unpaired) electrons. The second-order valence-corrected chi connectivity index (χ2v) is 12.7. The number of nitrogens with zero attached hydrogens (tertiary/aromatic N) is 2. The minimum absolute atomic E-state index is 0.0187. The van der Waals surface area contributed by atoms with E-state index in [9.17, 15) is 22.4 Å². The topological polar surface area (TPSA) is 105 Å². The van der Waals surface area contributed by atoms with Gasteiger partial charge < -0.3 is 19.7 Å². The maximum atomic E-state index is 13.9. The lowest BCUT2D eigenvalue weighted by Gasteiger charge is -2.31. The van der Waals surface area contributed by atoms with Gasteiger partial charge in [0.1, 0.15) is 17.6 Å². The van der Waals surface area contributed by atoms with Crippen molar-refractivity contribution in [2.75, 3.05) is 39.5 Å². The fraction of sp³-hybridized carbons (Fsp3) is 0.257. The van der Waals surface area contributed by atoms with Crippen molar-refractivity contribution in [2.45, 2.75) is 23.9 Å². The number of hydrogen-bond acceptors (Lipinski definition) is 6. The molecule has 1 N–H and O–H groups in total. The highest BCUT2D eigenvalue weighted by Crippen LogP contribution is 2.25. The quantitative estimate of drug-likeness (QED) is 0.232. The first kappa shape index (κ1) is 32.8. The summed E-state index contributed by atoms with van der Waals surface area (Å²) in [7, 11) is -3.69. The number of amides is 2. The van der Waals surface area contributed by atoms with Crippen molar-refractivity contribution in [1.29, 1.82) is 0 Å². The van der Waals surface area contributed by atoms with Gasteiger partial charge in [-0.1, -0.05) is 72.8 Å². The second-order valence-electron chi connectivity index (χ2n) is 10.8. The Morgan fingerprint density at radius 3 is 2.13 bits per heavy atom. The number of carbonyl (C=O) groups is 2. The summed E-state index contributed by atoms with van der Waals surface area (Å²) in [5.74, 6) is -0.974. The normalized spacial score (nSPS) is 14.3. The highest BCUT2D eigenvalue weighted by Gasteiger charge is 2.32. The molecule has 4 aromatic rings. The van der Waals surface area contributed by atoms with Gasteiger partial charge in [0.25, 0.3) is 5.91 Å². The van der Waals surface area contributed by atoms with E-state index < -0.39 is 34.4 Å². The molecule has 0 unspecified atom stereocenters. The Labute approximate surface area is 268 Å². The molecular weight excluding hydrogens is 609 g/mol. The molecule has 1 aliphatic heterocycles. The Morgan fingerprint density at radius 1 is 0.848 bits per heavy atom. The van der Waals surface area contributed by atoms with Crippen LogP contribution in [0, 0.1) is 5.82 Å². The van der Waals surface area contributed by atoms with Gasteiger partial charge >= 0.3 is 0 Å². The van der Waals surface area contributed by atoms with E-state index in [1.54, 1.807) is 36.4 Å². The highest BCUT2D eigenvalue weighted by atomic mass is 32.2. The van der Waals surface area contributed by atoms with Gasteiger partial charge in [-0.15, -0.1) is 0 Å². The molecule has 5 rings (SSSR count). The Kier molecular flexibility index (Phi) is 11.1. The summed E-state index contributed by atoms with van der Waals surface area (Å²) in [6.07, 6.45) is 0.611. The molecule has 0 aliphatic carbocycles. The first-order valence-corrected chi connectivity index (χ1v) is 16.5. The second kappa shape index (κ2) is 15.6. The number of benzene rings is 4. The number of carbonyl (C=O) groups excluding carboxylic acids is 2. The molecule has 1 saturated heterocycles. The van der Waals surface area contributed by atoms with Crippen LogP contribution in [0.25, 0.3) is 0 Å². The van der Waals surface area contributed by atoms with Crippen LogP contribution in [-0.4, -0.2) is 68.9 Å². The molecule has 11 heteroatoms. The molecule has 4 aromatic carbocycles. The third-order valence-corrected chi connectivity index (χ3v) is 9.52. The van der Waals surface area contributed by atoms with Gasteiger partial charge in [0.2, 0.25) is 15.9 Å². The van der Waals surface area contributed by atoms with E-state index in [0.29, 0.717) is 43.1 Å². The molecule has 2 amide bonds. The van der Waals surface area contributed by atoms with Crippen LogP contribution in [0.3, 0.4) is 0 Å². The summed E-state index contributed by atoms with van der Waals surface area (Å²) < 4.78 is 52.1. The van der Waals surface area contributed by atoms with Crippen LogP contribution < -0.4 is 10.1 Å². The zero-order valence-corrected chi connectivity index (χ0v) is 26.1. The van der Waals surface area contributed by atoms with Crippen LogP contribution in [-0.2, 0) is 37.3 Å². The first-order chi connectivity index (χ1) is 22.3.